The molecule has 34 heavy (non-hydrogen) atoms. The van der Waals surface area contributed by atoms with Crippen LogP contribution in [0.3, 0.4) is 0 Å². The summed E-state index contributed by atoms with van der Waals surface area (Å²) < 4.78 is 5.26. The minimum atomic E-state index is -0.102. The highest BCUT2D eigenvalue weighted by atomic mass is 16.5. The van der Waals surface area contributed by atoms with Crippen molar-refractivity contribution in [1.29, 1.82) is 0 Å². The molecule has 1 atom stereocenters. The fourth-order valence-corrected chi connectivity index (χ4v) is 4.34. The maximum absolute atomic E-state index is 12.9. The monoisotopic (exact) mass is 465 g/mol. The lowest BCUT2D eigenvalue weighted by Crippen LogP contribution is -2.42. The van der Waals surface area contributed by atoms with E-state index in [9.17, 15) is 9.59 Å². The molecule has 2 aromatic heterocycles. The SMILES string of the molecule is COc1cc(-c2c[nH]c(=O)c(N(CC3CC3)[C@H]3CCN(C(=O)/C=C/CNC(C)C)C3)c2)ccn1. The number of rotatable bonds is 10. The Morgan fingerprint density at radius 1 is 1.32 bits per heavy atom. The van der Waals surface area contributed by atoms with Crippen LogP contribution < -0.4 is 20.5 Å². The van der Waals surface area contributed by atoms with Gasteiger partial charge in [0.15, 0.2) is 0 Å². The van der Waals surface area contributed by atoms with Gasteiger partial charge in [0.1, 0.15) is 5.69 Å². The van der Waals surface area contributed by atoms with Gasteiger partial charge in [0.2, 0.25) is 11.8 Å². The number of likely N-dealkylation sites (tertiary alicyclic amines) is 1. The fraction of sp³-hybridized carbons (Fsp3) is 0.500. The van der Waals surface area contributed by atoms with Crippen molar-refractivity contribution in [3.8, 4) is 17.0 Å². The van der Waals surface area contributed by atoms with Crippen molar-refractivity contribution in [2.45, 2.75) is 45.2 Å². The number of H-pyrrole nitrogens is 1. The summed E-state index contributed by atoms with van der Waals surface area (Å²) in [7, 11) is 1.59. The van der Waals surface area contributed by atoms with Crippen LogP contribution in [0.1, 0.15) is 33.1 Å². The first kappa shape index (κ1) is 24.0. The van der Waals surface area contributed by atoms with Crippen molar-refractivity contribution < 1.29 is 9.53 Å². The summed E-state index contributed by atoms with van der Waals surface area (Å²) in [5.41, 5.74) is 2.40. The van der Waals surface area contributed by atoms with Crippen LogP contribution in [0.25, 0.3) is 11.1 Å². The minimum absolute atomic E-state index is 0.0333. The molecule has 8 nitrogen and oxygen atoms in total. The van der Waals surface area contributed by atoms with Crippen LogP contribution in [0, 0.1) is 5.92 Å². The fourth-order valence-electron chi connectivity index (χ4n) is 4.34. The Bertz CT molecular complexity index is 1080. The average molecular weight is 466 g/mol. The van der Waals surface area contributed by atoms with E-state index in [4.69, 9.17) is 4.74 Å². The van der Waals surface area contributed by atoms with Gasteiger partial charge in [-0.3, -0.25) is 9.59 Å². The second-order valence-corrected chi connectivity index (χ2v) is 9.48. The molecule has 1 aliphatic heterocycles. The molecule has 0 unspecified atom stereocenters. The molecule has 2 aromatic rings. The first-order valence-corrected chi connectivity index (χ1v) is 12.1. The zero-order valence-corrected chi connectivity index (χ0v) is 20.3. The van der Waals surface area contributed by atoms with Crippen LogP contribution in [0.5, 0.6) is 5.88 Å². The van der Waals surface area contributed by atoms with E-state index >= 15 is 0 Å². The Balaban J connectivity index is 1.52. The van der Waals surface area contributed by atoms with Crippen LogP contribution in [0.4, 0.5) is 5.69 Å². The summed E-state index contributed by atoms with van der Waals surface area (Å²) in [5, 5.41) is 3.28. The Morgan fingerprint density at radius 2 is 2.15 bits per heavy atom. The number of anilines is 1. The number of amides is 1. The standard InChI is InChI=1S/C26H35N5O3/c1-18(2)27-10-4-5-25(32)30-12-9-22(17-30)31(16-19-6-7-19)23-13-21(15-29-26(23)33)20-8-11-28-24(14-20)34-3/h4-5,8,11,13-15,18-19,22,27H,6-7,9-10,12,16-17H2,1-3H3,(H,29,33)/b5-4+/t22-/m0/s1. The Morgan fingerprint density at radius 3 is 2.88 bits per heavy atom. The quantitative estimate of drug-likeness (QED) is 0.525. The number of ether oxygens (including phenoxy) is 1. The molecule has 0 bridgehead atoms. The molecule has 3 heterocycles. The molecular formula is C26H35N5O3. The number of carbonyl (C=O) groups is 1. The lowest BCUT2D eigenvalue weighted by Gasteiger charge is -2.31. The van der Waals surface area contributed by atoms with Crippen molar-refractivity contribution >= 4 is 11.6 Å². The maximum atomic E-state index is 12.9. The summed E-state index contributed by atoms with van der Waals surface area (Å²) in [4.78, 5) is 36.9. The maximum Gasteiger partial charge on any atom is 0.271 e. The number of hydrogen-bond acceptors (Lipinski definition) is 6. The minimum Gasteiger partial charge on any atom is -0.481 e. The highest BCUT2D eigenvalue weighted by Crippen LogP contribution is 2.34. The molecule has 8 heteroatoms. The van der Waals surface area contributed by atoms with Crippen LogP contribution >= 0.6 is 0 Å². The van der Waals surface area contributed by atoms with Crippen molar-refractivity contribution in [2.24, 2.45) is 5.92 Å². The van der Waals surface area contributed by atoms with Crippen molar-refractivity contribution in [3.05, 3.63) is 53.1 Å². The predicted molar refractivity (Wildman–Crippen MR) is 134 cm³/mol. The number of aromatic nitrogens is 2. The average Bonchev–Trinajstić information content (AvgIpc) is 3.53. The summed E-state index contributed by atoms with van der Waals surface area (Å²) >= 11 is 0. The van der Waals surface area contributed by atoms with Crippen LogP contribution in [0.15, 0.2) is 47.5 Å². The van der Waals surface area contributed by atoms with E-state index in [0.717, 1.165) is 24.1 Å². The number of hydrogen-bond donors (Lipinski definition) is 2. The molecule has 0 radical (unpaired) electrons. The van der Waals surface area contributed by atoms with Crippen molar-refractivity contribution in [1.82, 2.24) is 20.2 Å². The van der Waals surface area contributed by atoms with E-state index in [1.165, 1.54) is 12.8 Å². The van der Waals surface area contributed by atoms with E-state index in [-0.39, 0.29) is 17.5 Å². The lowest BCUT2D eigenvalue weighted by molar-refractivity contribution is -0.125. The molecule has 2 N–H and O–H groups in total. The molecule has 2 aliphatic rings. The van der Waals surface area contributed by atoms with Crippen LogP contribution in [-0.4, -0.2) is 66.1 Å². The molecule has 0 aromatic carbocycles. The second kappa shape index (κ2) is 10.9. The third kappa shape index (κ3) is 6.05. The van der Waals surface area contributed by atoms with Gasteiger partial charge >= 0.3 is 0 Å². The first-order chi connectivity index (χ1) is 16.4. The Labute approximate surface area is 201 Å². The number of aromatic amines is 1. The third-order valence-corrected chi connectivity index (χ3v) is 6.44. The highest BCUT2D eigenvalue weighted by molar-refractivity contribution is 5.88. The van der Waals surface area contributed by atoms with Gasteiger partial charge in [-0.1, -0.05) is 19.9 Å². The summed E-state index contributed by atoms with van der Waals surface area (Å²) in [6, 6.07) is 6.22. The summed E-state index contributed by atoms with van der Waals surface area (Å²) in [6.07, 6.45) is 10.2. The molecule has 2 fully saturated rings. The van der Waals surface area contributed by atoms with Crippen LogP contribution in [-0.2, 0) is 4.79 Å². The molecular weight excluding hydrogens is 430 g/mol. The van der Waals surface area contributed by atoms with Gasteiger partial charge < -0.3 is 24.8 Å². The molecule has 1 amide bonds. The van der Waals surface area contributed by atoms with E-state index in [1.807, 2.05) is 29.2 Å². The number of pyridine rings is 2. The zero-order chi connectivity index (χ0) is 24.1. The molecule has 1 aliphatic carbocycles. The smallest absolute Gasteiger partial charge is 0.271 e. The number of methoxy groups -OCH3 is 1. The van der Waals surface area contributed by atoms with Crippen molar-refractivity contribution in [3.63, 3.8) is 0 Å². The molecule has 0 spiro atoms. The molecule has 4 rings (SSSR count). The van der Waals surface area contributed by atoms with Crippen LogP contribution in [0.2, 0.25) is 0 Å². The molecule has 1 saturated heterocycles. The van der Waals surface area contributed by atoms with Gasteiger partial charge in [0.05, 0.1) is 7.11 Å². The second-order valence-electron chi connectivity index (χ2n) is 9.48. The van der Waals surface area contributed by atoms with Gasteiger partial charge in [0, 0.05) is 68.4 Å². The van der Waals surface area contributed by atoms with Gasteiger partial charge in [-0.05, 0) is 42.9 Å². The van der Waals surface area contributed by atoms with Gasteiger partial charge in [-0.25, -0.2) is 4.98 Å². The first-order valence-electron chi connectivity index (χ1n) is 12.1. The largest absolute Gasteiger partial charge is 0.481 e. The summed E-state index contributed by atoms with van der Waals surface area (Å²) in [5.74, 6) is 1.17. The Kier molecular flexibility index (Phi) is 7.67. The van der Waals surface area contributed by atoms with E-state index in [2.05, 4.69) is 34.0 Å². The number of carbonyl (C=O) groups excluding carboxylic acids is 1. The third-order valence-electron chi connectivity index (χ3n) is 6.44. The predicted octanol–water partition coefficient (Wildman–Crippen LogP) is 2.82. The summed E-state index contributed by atoms with van der Waals surface area (Å²) in [6.45, 7) is 7.00. The van der Waals surface area contributed by atoms with Gasteiger partial charge in [-0.15, -0.1) is 0 Å². The lowest BCUT2D eigenvalue weighted by atomic mass is 10.1. The van der Waals surface area contributed by atoms with Gasteiger partial charge in [0.25, 0.3) is 5.56 Å². The highest BCUT2D eigenvalue weighted by Gasteiger charge is 2.34. The Hall–Kier alpha value is -3.13. The van der Waals surface area contributed by atoms with E-state index < -0.39 is 0 Å². The van der Waals surface area contributed by atoms with Crippen molar-refractivity contribution in [2.75, 3.05) is 38.2 Å². The molecule has 182 valence electrons. The zero-order valence-electron chi connectivity index (χ0n) is 20.3. The van der Waals surface area contributed by atoms with Gasteiger partial charge in [-0.2, -0.15) is 0 Å². The normalized spacial score (nSPS) is 18.1. The topological polar surface area (TPSA) is 90.6 Å². The van der Waals surface area contributed by atoms with E-state index in [1.54, 1.807) is 25.6 Å². The number of nitrogens with zero attached hydrogens (tertiary/aromatic N) is 3. The number of nitrogens with one attached hydrogen (secondary N) is 2. The van der Waals surface area contributed by atoms with E-state index in [0.29, 0.717) is 43.2 Å². The molecule has 1 saturated carbocycles.